The van der Waals surface area contributed by atoms with Gasteiger partial charge in [0, 0.05) is 17.3 Å². The maximum Gasteiger partial charge on any atom is 0.165 e. The molecular weight excluding hydrogens is 179 g/mol. The summed E-state index contributed by atoms with van der Waals surface area (Å²) in [7, 11) is 0. The van der Waals surface area contributed by atoms with Crippen molar-refractivity contribution in [3.05, 3.63) is 28.8 Å². The number of nitrogens with two attached hydrogens (primary N) is 1. The zero-order valence-corrected chi connectivity index (χ0v) is 7.69. The van der Waals surface area contributed by atoms with Gasteiger partial charge in [-0.2, -0.15) is 0 Å². The number of nitrogens with zero attached hydrogens (tertiary/aromatic N) is 1. The summed E-state index contributed by atoms with van der Waals surface area (Å²) < 4.78 is 13.2. The monoisotopic (exact) mass is 188 g/mol. The molecule has 0 saturated carbocycles. The van der Waals surface area contributed by atoms with E-state index < -0.39 is 11.4 Å². The van der Waals surface area contributed by atoms with Gasteiger partial charge in [0.2, 0.25) is 0 Å². The van der Waals surface area contributed by atoms with E-state index in [4.69, 9.17) is 17.3 Å². The molecule has 0 spiro atoms. The van der Waals surface area contributed by atoms with E-state index in [1.807, 2.05) is 0 Å². The van der Waals surface area contributed by atoms with Crippen molar-refractivity contribution in [2.75, 3.05) is 0 Å². The van der Waals surface area contributed by atoms with Gasteiger partial charge in [-0.1, -0.05) is 11.6 Å². The van der Waals surface area contributed by atoms with Crippen LogP contribution in [0.5, 0.6) is 0 Å². The van der Waals surface area contributed by atoms with Gasteiger partial charge in [-0.15, -0.1) is 0 Å². The highest BCUT2D eigenvalue weighted by molar-refractivity contribution is 6.29. The third-order valence-electron chi connectivity index (χ3n) is 1.54. The fourth-order valence-corrected chi connectivity index (χ4v) is 1.07. The lowest BCUT2D eigenvalue weighted by Gasteiger charge is -2.19. The quantitative estimate of drug-likeness (QED) is 0.686. The molecule has 0 unspecified atom stereocenters. The molecule has 0 atom stereocenters. The molecule has 2 nitrogen and oxygen atoms in total. The Balaban J connectivity index is 3.26. The van der Waals surface area contributed by atoms with Crippen molar-refractivity contribution >= 4 is 11.6 Å². The van der Waals surface area contributed by atoms with Crippen molar-refractivity contribution in [2.24, 2.45) is 5.73 Å². The Bertz CT molecular complexity index is 294. The van der Waals surface area contributed by atoms with E-state index in [-0.39, 0.29) is 5.15 Å². The van der Waals surface area contributed by atoms with Crippen molar-refractivity contribution in [3.8, 4) is 0 Å². The average molecular weight is 189 g/mol. The first-order valence-electron chi connectivity index (χ1n) is 3.52. The maximum absolute atomic E-state index is 13.2. The molecule has 0 aliphatic rings. The van der Waals surface area contributed by atoms with Gasteiger partial charge in [0.05, 0.1) is 0 Å². The molecule has 0 bridgehead atoms. The average Bonchev–Trinajstić information content (AvgIpc) is 1.92. The van der Waals surface area contributed by atoms with E-state index in [1.165, 1.54) is 12.3 Å². The van der Waals surface area contributed by atoms with Crippen LogP contribution in [0.4, 0.5) is 4.39 Å². The summed E-state index contributed by atoms with van der Waals surface area (Å²) in [6, 6.07) is 1.53. The highest BCUT2D eigenvalue weighted by atomic mass is 35.5. The fourth-order valence-electron chi connectivity index (χ4n) is 0.916. The lowest BCUT2D eigenvalue weighted by Crippen LogP contribution is -2.30. The Hall–Kier alpha value is -0.670. The van der Waals surface area contributed by atoms with Crippen molar-refractivity contribution in [1.29, 1.82) is 0 Å². The minimum absolute atomic E-state index is 0.133. The zero-order chi connectivity index (χ0) is 9.35. The van der Waals surface area contributed by atoms with E-state index in [2.05, 4.69) is 4.98 Å². The molecule has 1 rings (SSSR count). The molecule has 1 aromatic heterocycles. The minimum Gasteiger partial charge on any atom is -0.322 e. The largest absolute Gasteiger partial charge is 0.322 e. The Morgan fingerprint density at radius 2 is 2.17 bits per heavy atom. The predicted octanol–water partition coefficient (Wildman–Crippen LogP) is 2.07. The maximum atomic E-state index is 13.2. The van der Waals surface area contributed by atoms with Gasteiger partial charge in [0.25, 0.3) is 0 Å². The van der Waals surface area contributed by atoms with Gasteiger partial charge in [-0.25, -0.2) is 9.37 Å². The Morgan fingerprint density at radius 1 is 1.58 bits per heavy atom. The minimum atomic E-state index is -0.726. The molecule has 0 aromatic carbocycles. The van der Waals surface area contributed by atoms with Gasteiger partial charge < -0.3 is 5.73 Å². The van der Waals surface area contributed by atoms with Crippen LogP contribution in [0, 0.1) is 5.82 Å². The molecule has 2 N–H and O–H groups in total. The number of pyridine rings is 1. The molecule has 12 heavy (non-hydrogen) atoms. The fraction of sp³-hybridized carbons (Fsp3) is 0.375. The number of hydrogen-bond acceptors (Lipinski definition) is 2. The first kappa shape index (κ1) is 9.42. The van der Waals surface area contributed by atoms with Crippen LogP contribution in [0.3, 0.4) is 0 Å². The summed E-state index contributed by atoms with van der Waals surface area (Å²) in [6.07, 6.45) is 1.44. The molecule has 0 fully saturated rings. The second-order valence-corrected chi connectivity index (χ2v) is 3.54. The predicted molar refractivity (Wildman–Crippen MR) is 46.4 cm³/mol. The SMILES string of the molecule is CC(C)(N)c1ccnc(Cl)c1F. The van der Waals surface area contributed by atoms with Crippen molar-refractivity contribution in [1.82, 2.24) is 4.98 Å². The summed E-state index contributed by atoms with van der Waals surface area (Å²) in [4.78, 5) is 3.59. The normalized spacial score (nSPS) is 11.8. The van der Waals surface area contributed by atoms with Gasteiger partial charge in [0.15, 0.2) is 11.0 Å². The first-order valence-corrected chi connectivity index (χ1v) is 3.90. The second-order valence-electron chi connectivity index (χ2n) is 3.18. The molecular formula is C8H10ClFN2. The van der Waals surface area contributed by atoms with Crippen molar-refractivity contribution in [2.45, 2.75) is 19.4 Å². The Kier molecular flexibility index (Phi) is 2.35. The van der Waals surface area contributed by atoms with Crippen molar-refractivity contribution in [3.63, 3.8) is 0 Å². The van der Waals surface area contributed by atoms with Crippen LogP contribution < -0.4 is 5.73 Å². The summed E-state index contributed by atoms with van der Waals surface area (Å²) in [6.45, 7) is 3.42. The van der Waals surface area contributed by atoms with E-state index in [0.717, 1.165) is 0 Å². The van der Waals surface area contributed by atoms with Gasteiger partial charge in [-0.05, 0) is 19.9 Å². The third-order valence-corrected chi connectivity index (χ3v) is 1.80. The highest BCUT2D eigenvalue weighted by Gasteiger charge is 2.20. The summed E-state index contributed by atoms with van der Waals surface area (Å²) in [5.41, 5.74) is 5.35. The van der Waals surface area contributed by atoms with E-state index in [1.54, 1.807) is 13.8 Å². The standard InChI is InChI=1S/C8H10ClFN2/c1-8(2,11)5-3-4-12-7(9)6(5)10/h3-4H,11H2,1-2H3. The van der Waals surface area contributed by atoms with E-state index >= 15 is 0 Å². The van der Waals surface area contributed by atoms with Crippen LogP contribution >= 0.6 is 11.6 Å². The molecule has 0 radical (unpaired) electrons. The molecule has 0 aliphatic heterocycles. The molecule has 4 heteroatoms. The van der Waals surface area contributed by atoms with Crippen LogP contribution in [-0.4, -0.2) is 4.98 Å². The lowest BCUT2D eigenvalue weighted by atomic mass is 9.96. The van der Waals surface area contributed by atoms with E-state index in [9.17, 15) is 4.39 Å². The lowest BCUT2D eigenvalue weighted by molar-refractivity contribution is 0.498. The topological polar surface area (TPSA) is 38.9 Å². The molecule has 0 saturated heterocycles. The first-order chi connectivity index (χ1) is 5.43. The van der Waals surface area contributed by atoms with Gasteiger partial charge in [-0.3, -0.25) is 0 Å². The molecule has 1 heterocycles. The van der Waals surface area contributed by atoms with Crippen LogP contribution in [0.1, 0.15) is 19.4 Å². The van der Waals surface area contributed by atoms with E-state index in [0.29, 0.717) is 5.56 Å². The van der Waals surface area contributed by atoms with Crippen LogP contribution in [0.15, 0.2) is 12.3 Å². The Labute approximate surface area is 75.6 Å². The third kappa shape index (κ3) is 1.73. The summed E-state index contributed by atoms with van der Waals surface area (Å²) in [5, 5.41) is -0.133. The molecule has 66 valence electrons. The number of halogens is 2. The molecule has 1 aromatic rings. The smallest absolute Gasteiger partial charge is 0.165 e. The van der Waals surface area contributed by atoms with Crippen molar-refractivity contribution < 1.29 is 4.39 Å². The highest BCUT2D eigenvalue weighted by Crippen LogP contribution is 2.23. The van der Waals surface area contributed by atoms with Crippen LogP contribution in [0.25, 0.3) is 0 Å². The van der Waals surface area contributed by atoms with Crippen LogP contribution in [-0.2, 0) is 5.54 Å². The van der Waals surface area contributed by atoms with Gasteiger partial charge >= 0.3 is 0 Å². The zero-order valence-electron chi connectivity index (χ0n) is 6.94. The number of rotatable bonds is 1. The number of hydrogen-bond donors (Lipinski definition) is 1. The summed E-state index contributed by atoms with van der Waals surface area (Å²) in [5.74, 6) is -0.535. The Morgan fingerprint density at radius 3 is 2.58 bits per heavy atom. The van der Waals surface area contributed by atoms with Gasteiger partial charge in [0.1, 0.15) is 0 Å². The summed E-state index contributed by atoms with van der Waals surface area (Å²) >= 11 is 5.48. The second kappa shape index (κ2) is 2.99. The van der Waals surface area contributed by atoms with Crippen LogP contribution in [0.2, 0.25) is 5.15 Å². The molecule has 0 aliphatic carbocycles. The number of aromatic nitrogens is 1. The molecule has 0 amide bonds.